The van der Waals surface area contributed by atoms with Crippen molar-refractivity contribution in [2.24, 2.45) is 0 Å². The molecule has 2 aromatic heterocycles. The van der Waals surface area contributed by atoms with Crippen LogP contribution in [0.1, 0.15) is 34.0 Å². The minimum absolute atomic E-state index is 0. The zero-order valence-electron chi connectivity index (χ0n) is 11.4. The summed E-state index contributed by atoms with van der Waals surface area (Å²) >= 11 is 1.58. The van der Waals surface area contributed by atoms with Gasteiger partial charge >= 0.3 is 0 Å². The lowest BCUT2D eigenvalue weighted by molar-refractivity contribution is 0.102. The predicted octanol–water partition coefficient (Wildman–Crippen LogP) is 2.68. The highest BCUT2D eigenvalue weighted by molar-refractivity contribution is 7.15. The molecule has 0 bridgehead atoms. The van der Waals surface area contributed by atoms with E-state index in [0.717, 1.165) is 25.9 Å². The van der Waals surface area contributed by atoms with Crippen LogP contribution in [0.15, 0.2) is 30.7 Å². The Hall–Kier alpha value is -1.50. The Morgan fingerprint density at radius 1 is 1.29 bits per heavy atom. The topological polar surface area (TPSA) is 66.9 Å². The zero-order chi connectivity index (χ0) is 13.8. The monoisotopic (exact) mass is 324 g/mol. The molecule has 1 saturated heterocycles. The molecule has 112 valence electrons. The Labute approximate surface area is 133 Å². The summed E-state index contributed by atoms with van der Waals surface area (Å²) in [5.41, 5.74) is 0.596. The molecule has 21 heavy (non-hydrogen) atoms. The Morgan fingerprint density at radius 3 is 2.71 bits per heavy atom. The van der Waals surface area contributed by atoms with Crippen molar-refractivity contribution in [3.05, 3.63) is 41.2 Å². The van der Waals surface area contributed by atoms with Crippen molar-refractivity contribution in [3.8, 4) is 0 Å². The first-order chi connectivity index (χ1) is 9.83. The third-order valence-electron chi connectivity index (χ3n) is 3.43. The number of amides is 1. The Kier molecular flexibility index (Phi) is 5.67. The maximum atomic E-state index is 12.0. The number of piperidine rings is 1. The number of nitrogens with one attached hydrogen (secondary N) is 2. The molecule has 7 heteroatoms. The molecular weight excluding hydrogens is 308 g/mol. The van der Waals surface area contributed by atoms with Crippen LogP contribution in [0.25, 0.3) is 0 Å². The maximum Gasteiger partial charge on any atom is 0.257 e. The Morgan fingerprint density at radius 2 is 2.00 bits per heavy atom. The lowest BCUT2D eigenvalue weighted by Gasteiger charge is -2.20. The number of aromatic nitrogens is 2. The molecule has 2 N–H and O–H groups in total. The molecule has 0 saturated carbocycles. The van der Waals surface area contributed by atoms with Gasteiger partial charge in [0.25, 0.3) is 5.91 Å². The third-order valence-corrected chi connectivity index (χ3v) is 4.50. The molecule has 0 spiro atoms. The van der Waals surface area contributed by atoms with Gasteiger partial charge < -0.3 is 5.32 Å². The fraction of sp³-hybridized carbons (Fsp3) is 0.357. The summed E-state index contributed by atoms with van der Waals surface area (Å²) in [7, 11) is 0. The molecule has 0 atom stereocenters. The lowest BCUT2D eigenvalue weighted by atomic mass is 9.97. The van der Waals surface area contributed by atoms with Crippen molar-refractivity contribution in [2.75, 3.05) is 18.4 Å². The first-order valence-corrected chi connectivity index (χ1v) is 7.52. The number of hydrogen-bond acceptors (Lipinski definition) is 5. The number of rotatable bonds is 3. The van der Waals surface area contributed by atoms with E-state index >= 15 is 0 Å². The van der Waals surface area contributed by atoms with E-state index < -0.39 is 0 Å². The van der Waals surface area contributed by atoms with E-state index in [1.807, 2.05) is 6.20 Å². The average molecular weight is 325 g/mol. The minimum Gasteiger partial charge on any atom is -0.317 e. The van der Waals surface area contributed by atoms with Crippen molar-refractivity contribution in [1.29, 1.82) is 0 Å². The van der Waals surface area contributed by atoms with Crippen molar-refractivity contribution in [3.63, 3.8) is 0 Å². The fourth-order valence-electron chi connectivity index (χ4n) is 2.31. The standard InChI is InChI=1S/C14H16N4OS.ClH/c19-13(11-3-7-16-8-4-11)18-14-17-9-12(20-14)10-1-5-15-6-2-10;/h3-4,7-10,15H,1-2,5-6H2,(H,17,18,19);1H. The van der Waals surface area contributed by atoms with Crippen LogP contribution in [-0.2, 0) is 0 Å². The van der Waals surface area contributed by atoms with Crippen molar-refractivity contribution < 1.29 is 4.79 Å². The normalized spacial score (nSPS) is 15.2. The summed E-state index contributed by atoms with van der Waals surface area (Å²) in [6.07, 6.45) is 7.39. The van der Waals surface area contributed by atoms with Crippen LogP contribution in [-0.4, -0.2) is 29.0 Å². The van der Waals surface area contributed by atoms with Gasteiger partial charge in [0.2, 0.25) is 0 Å². The second-order valence-corrected chi connectivity index (χ2v) is 5.84. The van der Waals surface area contributed by atoms with E-state index in [1.54, 1.807) is 35.9 Å². The van der Waals surface area contributed by atoms with Gasteiger partial charge in [-0.25, -0.2) is 4.98 Å². The molecule has 1 aliphatic heterocycles. The number of anilines is 1. The van der Waals surface area contributed by atoms with Gasteiger partial charge in [-0.05, 0) is 44.0 Å². The largest absolute Gasteiger partial charge is 0.317 e. The SMILES string of the molecule is Cl.O=C(Nc1ncc(C2CCNCC2)s1)c1ccncc1. The van der Waals surface area contributed by atoms with E-state index in [4.69, 9.17) is 0 Å². The Bertz CT molecular complexity index is 584. The number of halogens is 1. The van der Waals surface area contributed by atoms with Crippen molar-refractivity contribution in [1.82, 2.24) is 15.3 Å². The fourth-order valence-corrected chi connectivity index (χ4v) is 3.29. The molecule has 0 aromatic carbocycles. The number of carbonyl (C=O) groups is 1. The van der Waals surface area contributed by atoms with Crippen LogP contribution in [0, 0.1) is 0 Å². The van der Waals surface area contributed by atoms with E-state index in [1.165, 1.54) is 4.88 Å². The van der Waals surface area contributed by atoms with Gasteiger partial charge in [-0.1, -0.05) is 0 Å². The highest BCUT2D eigenvalue weighted by Crippen LogP contribution is 2.31. The van der Waals surface area contributed by atoms with Gasteiger partial charge in [-0.2, -0.15) is 0 Å². The molecule has 1 fully saturated rings. The molecule has 0 radical (unpaired) electrons. The highest BCUT2D eigenvalue weighted by Gasteiger charge is 2.18. The summed E-state index contributed by atoms with van der Waals surface area (Å²) in [5, 5.41) is 6.86. The van der Waals surface area contributed by atoms with Gasteiger partial charge in [0.15, 0.2) is 5.13 Å². The number of nitrogens with zero attached hydrogens (tertiary/aromatic N) is 2. The summed E-state index contributed by atoms with van der Waals surface area (Å²) in [6.45, 7) is 2.11. The minimum atomic E-state index is -0.140. The quantitative estimate of drug-likeness (QED) is 0.911. The summed E-state index contributed by atoms with van der Waals surface area (Å²) in [5.74, 6) is 0.430. The van der Waals surface area contributed by atoms with E-state index in [9.17, 15) is 4.79 Å². The van der Waals surface area contributed by atoms with E-state index in [-0.39, 0.29) is 18.3 Å². The molecule has 0 aliphatic carbocycles. The van der Waals surface area contributed by atoms with Gasteiger partial charge in [-0.3, -0.25) is 15.1 Å². The van der Waals surface area contributed by atoms with Crippen LogP contribution < -0.4 is 10.6 Å². The molecule has 1 amide bonds. The smallest absolute Gasteiger partial charge is 0.257 e. The van der Waals surface area contributed by atoms with Gasteiger partial charge in [0.05, 0.1) is 0 Å². The molecular formula is C14H17ClN4OS. The molecule has 1 aliphatic rings. The van der Waals surface area contributed by atoms with E-state index in [0.29, 0.717) is 16.6 Å². The number of thiazole rings is 1. The van der Waals surface area contributed by atoms with E-state index in [2.05, 4.69) is 20.6 Å². The maximum absolute atomic E-state index is 12.0. The average Bonchev–Trinajstić information content (AvgIpc) is 2.97. The molecule has 3 rings (SSSR count). The number of carbonyl (C=O) groups excluding carboxylic acids is 1. The molecule has 2 aromatic rings. The number of pyridine rings is 1. The van der Waals surface area contributed by atoms with Gasteiger partial charge in [0, 0.05) is 29.0 Å². The molecule has 3 heterocycles. The summed E-state index contributed by atoms with van der Waals surface area (Å²) < 4.78 is 0. The third kappa shape index (κ3) is 4.00. The van der Waals surface area contributed by atoms with Crippen LogP contribution in [0.2, 0.25) is 0 Å². The van der Waals surface area contributed by atoms with Crippen LogP contribution in [0.5, 0.6) is 0 Å². The van der Waals surface area contributed by atoms with Crippen LogP contribution in [0.3, 0.4) is 0 Å². The highest BCUT2D eigenvalue weighted by atomic mass is 35.5. The first kappa shape index (κ1) is 15.9. The number of hydrogen-bond donors (Lipinski definition) is 2. The summed E-state index contributed by atoms with van der Waals surface area (Å²) in [4.78, 5) is 21.5. The van der Waals surface area contributed by atoms with Gasteiger partial charge in [-0.15, -0.1) is 23.7 Å². The predicted molar refractivity (Wildman–Crippen MR) is 86.4 cm³/mol. The zero-order valence-corrected chi connectivity index (χ0v) is 13.0. The lowest BCUT2D eigenvalue weighted by Crippen LogP contribution is -2.26. The Balaban J connectivity index is 0.00000161. The van der Waals surface area contributed by atoms with Crippen molar-refractivity contribution in [2.45, 2.75) is 18.8 Å². The van der Waals surface area contributed by atoms with Crippen LogP contribution >= 0.6 is 23.7 Å². The molecule has 5 nitrogen and oxygen atoms in total. The first-order valence-electron chi connectivity index (χ1n) is 6.71. The van der Waals surface area contributed by atoms with Crippen LogP contribution in [0.4, 0.5) is 5.13 Å². The summed E-state index contributed by atoms with van der Waals surface area (Å²) in [6, 6.07) is 3.38. The van der Waals surface area contributed by atoms with Crippen molar-refractivity contribution >= 4 is 34.8 Å². The second kappa shape index (κ2) is 7.49. The molecule has 0 unspecified atom stereocenters. The second-order valence-electron chi connectivity index (χ2n) is 4.78. The van der Waals surface area contributed by atoms with Gasteiger partial charge in [0.1, 0.15) is 0 Å².